The van der Waals surface area contributed by atoms with Crippen LogP contribution in [0.5, 0.6) is 0 Å². The first kappa shape index (κ1) is 15.1. The molecule has 0 spiro atoms. The Kier molecular flexibility index (Phi) is 7.24. The highest BCUT2D eigenvalue weighted by Gasteiger charge is 2.13. The van der Waals surface area contributed by atoms with Crippen LogP contribution in [0.15, 0.2) is 33.6 Å². The molecule has 0 heterocycles. The number of halogens is 1. The molecule has 1 aromatic rings. The lowest BCUT2D eigenvalue weighted by Gasteiger charge is -2.22. The zero-order chi connectivity index (χ0) is 12.7. The Balaban J connectivity index is 2.49. The van der Waals surface area contributed by atoms with Crippen molar-refractivity contribution in [2.24, 2.45) is 5.92 Å². The van der Waals surface area contributed by atoms with Gasteiger partial charge in [0, 0.05) is 21.2 Å². The van der Waals surface area contributed by atoms with Gasteiger partial charge in [0.1, 0.15) is 0 Å². The summed E-state index contributed by atoms with van der Waals surface area (Å²) in [5.74, 6) is 1.80. The molecular weight excluding hydrogens is 294 g/mol. The average Bonchev–Trinajstić information content (AvgIpc) is 2.31. The molecule has 0 amide bonds. The van der Waals surface area contributed by atoms with Crippen molar-refractivity contribution in [2.45, 2.75) is 38.1 Å². The van der Waals surface area contributed by atoms with E-state index in [0.29, 0.717) is 12.0 Å². The van der Waals surface area contributed by atoms with E-state index in [-0.39, 0.29) is 0 Å². The quantitative estimate of drug-likeness (QED) is 0.740. The van der Waals surface area contributed by atoms with Crippen molar-refractivity contribution in [3.63, 3.8) is 0 Å². The van der Waals surface area contributed by atoms with E-state index < -0.39 is 0 Å². The van der Waals surface area contributed by atoms with E-state index in [1.807, 2.05) is 11.8 Å². The van der Waals surface area contributed by atoms with Crippen molar-refractivity contribution in [1.29, 1.82) is 0 Å². The number of hydrogen-bond donors (Lipinski definition) is 1. The Morgan fingerprint density at radius 1 is 1.29 bits per heavy atom. The van der Waals surface area contributed by atoms with Crippen molar-refractivity contribution in [1.82, 2.24) is 5.32 Å². The van der Waals surface area contributed by atoms with Crippen LogP contribution in [0.1, 0.15) is 27.2 Å². The fourth-order valence-electron chi connectivity index (χ4n) is 1.56. The Hall–Kier alpha value is 0.01000. The number of hydrogen-bond acceptors (Lipinski definition) is 2. The first-order chi connectivity index (χ1) is 8.15. The molecule has 1 rings (SSSR count). The largest absolute Gasteiger partial charge is 0.313 e. The molecule has 17 heavy (non-hydrogen) atoms. The van der Waals surface area contributed by atoms with Gasteiger partial charge < -0.3 is 5.32 Å². The van der Waals surface area contributed by atoms with Crippen LogP contribution >= 0.6 is 27.7 Å². The van der Waals surface area contributed by atoms with Crippen molar-refractivity contribution >= 4 is 27.7 Å². The summed E-state index contributed by atoms with van der Waals surface area (Å²) in [6, 6.07) is 9.02. The predicted octanol–water partition coefficient (Wildman–Crippen LogP) is 4.57. The van der Waals surface area contributed by atoms with Gasteiger partial charge in [-0.25, -0.2) is 0 Å². The van der Waals surface area contributed by atoms with Gasteiger partial charge in [-0.1, -0.05) is 32.9 Å². The molecule has 0 aliphatic carbocycles. The van der Waals surface area contributed by atoms with Gasteiger partial charge in [0.15, 0.2) is 0 Å². The van der Waals surface area contributed by atoms with Crippen molar-refractivity contribution in [2.75, 3.05) is 12.3 Å². The van der Waals surface area contributed by atoms with Crippen LogP contribution in [-0.4, -0.2) is 18.3 Å². The maximum absolute atomic E-state index is 3.62. The molecule has 0 fully saturated rings. The van der Waals surface area contributed by atoms with Crippen LogP contribution in [0.3, 0.4) is 0 Å². The second-order valence-corrected chi connectivity index (χ2v) is 6.46. The molecule has 1 atom stereocenters. The minimum Gasteiger partial charge on any atom is -0.313 e. The van der Waals surface area contributed by atoms with Gasteiger partial charge in [-0.05, 0) is 46.9 Å². The summed E-state index contributed by atoms with van der Waals surface area (Å²) >= 11 is 5.52. The molecule has 1 unspecified atom stereocenters. The Morgan fingerprint density at radius 2 is 2.00 bits per heavy atom. The molecule has 0 aliphatic heterocycles. The molecule has 0 bridgehead atoms. The van der Waals surface area contributed by atoms with Crippen molar-refractivity contribution in [3.8, 4) is 0 Å². The third kappa shape index (κ3) is 5.45. The molecule has 0 saturated heterocycles. The van der Waals surface area contributed by atoms with E-state index in [1.54, 1.807) is 0 Å². The van der Waals surface area contributed by atoms with E-state index in [9.17, 15) is 0 Å². The molecule has 1 nitrogen and oxygen atoms in total. The number of rotatable bonds is 7. The van der Waals surface area contributed by atoms with Crippen LogP contribution < -0.4 is 5.32 Å². The van der Waals surface area contributed by atoms with Gasteiger partial charge in [-0.15, -0.1) is 11.8 Å². The average molecular weight is 316 g/mol. The van der Waals surface area contributed by atoms with E-state index in [2.05, 4.69) is 66.3 Å². The molecule has 1 aromatic carbocycles. The van der Waals surface area contributed by atoms with E-state index >= 15 is 0 Å². The SMILES string of the molecule is CCCNC(CSc1ccccc1Br)C(C)C. The molecular formula is C14H22BrNS. The zero-order valence-corrected chi connectivity index (χ0v) is 13.3. The highest BCUT2D eigenvalue weighted by atomic mass is 79.9. The summed E-state index contributed by atoms with van der Waals surface area (Å²) in [5.41, 5.74) is 0. The molecule has 96 valence electrons. The van der Waals surface area contributed by atoms with Crippen molar-refractivity contribution in [3.05, 3.63) is 28.7 Å². The summed E-state index contributed by atoms with van der Waals surface area (Å²) < 4.78 is 1.20. The van der Waals surface area contributed by atoms with Crippen LogP contribution in [-0.2, 0) is 0 Å². The maximum Gasteiger partial charge on any atom is 0.0311 e. The Labute approximate surface area is 118 Å². The Morgan fingerprint density at radius 3 is 2.59 bits per heavy atom. The van der Waals surface area contributed by atoms with Crippen LogP contribution in [0.2, 0.25) is 0 Å². The van der Waals surface area contributed by atoms with Gasteiger partial charge in [-0.3, -0.25) is 0 Å². The van der Waals surface area contributed by atoms with E-state index in [4.69, 9.17) is 0 Å². The standard InChI is InChI=1S/C14H22BrNS/c1-4-9-16-13(11(2)3)10-17-14-8-6-5-7-12(14)15/h5-8,11,13,16H,4,9-10H2,1-3H3. The summed E-state index contributed by atoms with van der Waals surface area (Å²) in [6.07, 6.45) is 1.20. The predicted molar refractivity (Wildman–Crippen MR) is 81.8 cm³/mol. The summed E-state index contributed by atoms with van der Waals surface area (Å²) in [5, 5.41) is 3.62. The minimum atomic E-state index is 0.590. The van der Waals surface area contributed by atoms with Crippen LogP contribution in [0.4, 0.5) is 0 Å². The summed E-state index contributed by atoms with van der Waals surface area (Å²) in [4.78, 5) is 1.33. The molecule has 0 aliphatic rings. The lowest BCUT2D eigenvalue weighted by Crippen LogP contribution is -2.36. The number of benzene rings is 1. The minimum absolute atomic E-state index is 0.590. The molecule has 1 N–H and O–H groups in total. The van der Waals surface area contributed by atoms with Gasteiger partial charge >= 0.3 is 0 Å². The fourth-order valence-corrected chi connectivity index (χ4v) is 3.43. The Bertz CT molecular complexity index is 328. The van der Waals surface area contributed by atoms with Crippen LogP contribution in [0, 0.1) is 5.92 Å². The maximum atomic E-state index is 3.62. The van der Waals surface area contributed by atoms with Crippen molar-refractivity contribution < 1.29 is 0 Å². The molecule has 3 heteroatoms. The van der Waals surface area contributed by atoms with Gasteiger partial charge in [-0.2, -0.15) is 0 Å². The number of nitrogens with one attached hydrogen (secondary N) is 1. The second-order valence-electron chi connectivity index (χ2n) is 4.55. The van der Waals surface area contributed by atoms with E-state index in [1.165, 1.54) is 15.8 Å². The highest BCUT2D eigenvalue weighted by molar-refractivity contribution is 9.10. The highest BCUT2D eigenvalue weighted by Crippen LogP contribution is 2.28. The lowest BCUT2D eigenvalue weighted by molar-refractivity contribution is 0.434. The second kappa shape index (κ2) is 8.17. The smallest absolute Gasteiger partial charge is 0.0311 e. The third-order valence-electron chi connectivity index (χ3n) is 2.72. The fraction of sp³-hybridized carbons (Fsp3) is 0.571. The lowest BCUT2D eigenvalue weighted by atomic mass is 10.1. The zero-order valence-electron chi connectivity index (χ0n) is 10.9. The molecule has 0 radical (unpaired) electrons. The first-order valence-corrected chi connectivity index (χ1v) is 8.03. The third-order valence-corrected chi connectivity index (χ3v) is 4.86. The monoisotopic (exact) mass is 315 g/mol. The van der Waals surface area contributed by atoms with Gasteiger partial charge in [0.25, 0.3) is 0 Å². The number of thioether (sulfide) groups is 1. The van der Waals surface area contributed by atoms with Crippen LogP contribution in [0.25, 0.3) is 0 Å². The van der Waals surface area contributed by atoms with E-state index in [0.717, 1.165) is 12.3 Å². The topological polar surface area (TPSA) is 12.0 Å². The normalized spacial score (nSPS) is 13.0. The molecule has 0 saturated carbocycles. The summed E-state index contributed by atoms with van der Waals surface area (Å²) in [6.45, 7) is 7.90. The van der Waals surface area contributed by atoms with Gasteiger partial charge in [0.2, 0.25) is 0 Å². The van der Waals surface area contributed by atoms with Gasteiger partial charge in [0.05, 0.1) is 0 Å². The molecule has 0 aromatic heterocycles. The summed E-state index contributed by atoms with van der Waals surface area (Å²) in [7, 11) is 0. The first-order valence-electron chi connectivity index (χ1n) is 6.25.